The van der Waals surface area contributed by atoms with Gasteiger partial charge < -0.3 is 20.1 Å². The average Bonchev–Trinajstić information content (AvgIpc) is 3.21. The van der Waals surface area contributed by atoms with Gasteiger partial charge in [0.15, 0.2) is 22.4 Å². The summed E-state index contributed by atoms with van der Waals surface area (Å²) >= 11 is 1.25. The van der Waals surface area contributed by atoms with Crippen LogP contribution >= 0.6 is 11.3 Å². The van der Waals surface area contributed by atoms with Gasteiger partial charge in [-0.1, -0.05) is 0 Å². The summed E-state index contributed by atoms with van der Waals surface area (Å²) in [6, 6.07) is 1.06. The Balaban J connectivity index is 1.64. The van der Waals surface area contributed by atoms with Crippen LogP contribution in [0.5, 0.6) is 0 Å². The van der Waals surface area contributed by atoms with Crippen LogP contribution < -0.4 is 15.6 Å². The molecule has 2 fully saturated rings. The van der Waals surface area contributed by atoms with Crippen molar-refractivity contribution < 1.29 is 19.0 Å². The molecule has 2 N–H and O–H groups in total. The maximum Gasteiger partial charge on any atom is 0.341 e. The van der Waals surface area contributed by atoms with E-state index in [1.807, 2.05) is 0 Å². The van der Waals surface area contributed by atoms with Gasteiger partial charge in [-0.2, -0.15) is 0 Å². The van der Waals surface area contributed by atoms with Gasteiger partial charge in [-0.25, -0.2) is 19.2 Å². The molecule has 0 radical (unpaired) electrons. The van der Waals surface area contributed by atoms with Crippen LogP contribution in [0.3, 0.4) is 0 Å². The number of nitrogens with one attached hydrogen (secondary N) is 1. The minimum Gasteiger partial charge on any atom is -0.477 e. The molecule has 2 aliphatic rings. The predicted molar refractivity (Wildman–Crippen MR) is 104 cm³/mol. The summed E-state index contributed by atoms with van der Waals surface area (Å²) in [5, 5.41) is 14.7. The summed E-state index contributed by atoms with van der Waals surface area (Å²) in [4.78, 5) is 34.4. The number of fused-ring (bicyclic) bond motifs is 1. The lowest BCUT2D eigenvalue weighted by Crippen LogP contribution is -2.70. The number of carboxylic acid groups (broad SMARTS) is 1. The van der Waals surface area contributed by atoms with Gasteiger partial charge in [0.1, 0.15) is 11.2 Å². The van der Waals surface area contributed by atoms with Gasteiger partial charge in [0.25, 0.3) is 0 Å². The van der Waals surface area contributed by atoms with Crippen molar-refractivity contribution in [2.45, 2.75) is 5.60 Å². The number of carbonyl (C=O) groups is 1. The van der Waals surface area contributed by atoms with Gasteiger partial charge in [0.05, 0.1) is 25.1 Å². The molecule has 5 rings (SSSR count). The van der Waals surface area contributed by atoms with Crippen molar-refractivity contribution in [3.8, 4) is 5.13 Å². The lowest BCUT2D eigenvalue weighted by molar-refractivity contribution is -0.0833. The van der Waals surface area contributed by atoms with Gasteiger partial charge in [-0.15, -0.1) is 11.3 Å². The topological polar surface area (TPSA) is 110 Å². The van der Waals surface area contributed by atoms with Crippen molar-refractivity contribution in [3.63, 3.8) is 0 Å². The number of hydrogen-bond acceptors (Lipinski definition) is 8. The van der Waals surface area contributed by atoms with Crippen molar-refractivity contribution in [3.05, 3.63) is 45.4 Å². The van der Waals surface area contributed by atoms with E-state index in [4.69, 9.17) is 4.74 Å². The van der Waals surface area contributed by atoms with Crippen LogP contribution in [0.15, 0.2) is 28.6 Å². The largest absolute Gasteiger partial charge is 0.477 e. The molecule has 1 spiro atoms. The zero-order valence-corrected chi connectivity index (χ0v) is 15.9. The fourth-order valence-corrected chi connectivity index (χ4v) is 4.40. The molecule has 11 heteroatoms. The maximum absolute atomic E-state index is 14.9. The lowest BCUT2D eigenvalue weighted by Gasteiger charge is -2.52. The molecular formula is C18H16FN5O4S. The van der Waals surface area contributed by atoms with Crippen molar-refractivity contribution in [1.29, 1.82) is 0 Å². The number of hydrogen-bond donors (Lipinski definition) is 2. The summed E-state index contributed by atoms with van der Waals surface area (Å²) in [5.74, 6) is -1.97. The molecule has 3 aromatic heterocycles. The molecule has 2 saturated heterocycles. The first kappa shape index (κ1) is 18.2. The lowest BCUT2D eigenvalue weighted by atomic mass is 9.92. The van der Waals surface area contributed by atoms with E-state index in [1.54, 1.807) is 16.5 Å². The second kappa shape index (κ2) is 6.58. The van der Waals surface area contributed by atoms with E-state index < -0.39 is 22.8 Å². The number of aromatic carboxylic acids is 1. The normalized spacial score (nSPS) is 18.2. The molecule has 0 unspecified atom stereocenters. The Kier molecular flexibility index (Phi) is 4.12. The van der Waals surface area contributed by atoms with Gasteiger partial charge >= 0.3 is 5.97 Å². The van der Waals surface area contributed by atoms with Crippen LogP contribution in [0.25, 0.3) is 16.2 Å². The number of thiazole rings is 1. The van der Waals surface area contributed by atoms with Crippen molar-refractivity contribution >= 4 is 34.2 Å². The van der Waals surface area contributed by atoms with Crippen molar-refractivity contribution in [2.75, 3.05) is 37.7 Å². The third-order valence-corrected chi connectivity index (χ3v) is 5.93. The molecule has 0 aromatic carbocycles. The molecular weight excluding hydrogens is 401 g/mol. The SMILES string of the molecule is O=C(O)c1cn(-c2nccs2)c2nc(N3CC4(CNCCO4)C3)c(F)cc2c1=O. The Bertz CT molecular complexity index is 1170. The molecule has 0 aliphatic carbocycles. The second-order valence-electron chi connectivity index (χ2n) is 7.09. The number of carboxylic acids is 1. The number of ether oxygens (including phenoxy) is 1. The standard InChI is InChI=1S/C18H16FN5O4S/c19-12-5-10-13(25)11(16(26)27)6-24(17-21-2-4-29-17)14(10)22-15(12)23-8-18(9-23)7-20-1-3-28-18/h2,4-6,20H,1,3,7-9H2,(H,26,27). The number of halogens is 1. The first-order chi connectivity index (χ1) is 14.0. The number of morpholine rings is 1. The molecule has 2 aliphatic heterocycles. The fraction of sp³-hybridized carbons (Fsp3) is 0.333. The average molecular weight is 417 g/mol. The predicted octanol–water partition coefficient (Wildman–Crippen LogP) is 0.858. The zero-order chi connectivity index (χ0) is 20.2. The third kappa shape index (κ3) is 2.89. The van der Waals surface area contributed by atoms with Crippen molar-refractivity contribution in [2.24, 2.45) is 0 Å². The first-order valence-corrected chi connectivity index (χ1v) is 9.84. The molecule has 0 amide bonds. The minimum atomic E-state index is -1.39. The Labute approximate surface area is 167 Å². The first-order valence-electron chi connectivity index (χ1n) is 8.96. The summed E-state index contributed by atoms with van der Waals surface area (Å²) in [7, 11) is 0. The molecule has 29 heavy (non-hydrogen) atoms. The van der Waals surface area contributed by atoms with Gasteiger partial charge in [-0.3, -0.25) is 9.36 Å². The minimum absolute atomic E-state index is 0.102. The molecule has 150 valence electrons. The van der Waals surface area contributed by atoms with Crippen LogP contribution in [0.1, 0.15) is 10.4 Å². The Morgan fingerprint density at radius 3 is 2.90 bits per heavy atom. The Morgan fingerprint density at radius 1 is 1.41 bits per heavy atom. The van der Waals surface area contributed by atoms with Gasteiger partial charge in [0.2, 0.25) is 5.43 Å². The second-order valence-corrected chi connectivity index (χ2v) is 7.96. The van der Waals surface area contributed by atoms with E-state index in [0.717, 1.165) is 12.6 Å². The highest BCUT2D eigenvalue weighted by molar-refractivity contribution is 7.12. The van der Waals surface area contributed by atoms with E-state index in [9.17, 15) is 19.1 Å². The maximum atomic E-state index is 14.9. The van der Waals surface area contributed by atoms with E-state index >= 15 is 0 Å². The number of nitrogens with zero attached hydrogens (tertiary/aromatic N) is 4. The van der Waals surface area contributed by atoms with Gasteiger partial charge in [-0.05, 0) is 6.07 Å². The smallest absolute Gasteiger partial charge is 0.341 e. The van der Waals surface area contributed by atoms with Crippen LogP contribution in [0.4, 0.5) is 10.2 Å². The summed E-state index contributed by atoms with van der Waals surface area (Å²) in [6.45, 7) is 3.03. The van der Waals surface area contributed by atoms with Crippen LogP contribution in [-0.2, 0) is 4.74 Å². The number of anilines is 1. The quantitative estimate of drug-likeness (QED) is 0.646. The molecule has 5 heterocycles. The zero-order valence-electron chi connectivity index (χ0n) is 15.1. The van der Waals surface area contributed by atoms with E-state index in [1.165, 1.54) is 22.1 Å². The van der Waals surface area contributed by atoms with E-state index in [0.29, 0.717) is 31.4 Å². The van der Waals surface area contributed by atoms with E-state index in [2.05, 4.69) is 15.3 Å². The van der Waals surface area contributed by atoms with Crippen LogP contribution in [0.2, 0.25) is 0 Å². The molecule has 0 atom stereocenters. The molecule has 9 nitrogen and oxygen atoms in total. The Morgan fingerprint density at radius 2 is 2.24 bits per heavy atom. The molecule has 0 saturated carbocycles. The fourth-order valence-electron chi connectivity index (χ4n) is 3.78. The number of pyridine rings is 2. The van der Waals surface area contributed by atoms with E-state index in [-0.39, 0.29) is 22.5 Å². The van der Waals surface area contributed by atoms with Crippen LogP contribution in [-0.4, -0.2) is 64.0 Å². The third-order valence-electron chi connectivity index (χ3n) is 5.16. The highest BCUT2D eigenvalue weighted by atomic mass is 32.1. The monoisotopic (exact) mass is 417 g/mol. The number of rotatable bonds is 3. The van der Waals surface area contributed by atoms with Crippen molar-refractivity contribution in [1.82, 2.24) is 19.9 Å². The highest BCUT2D eigenvalue weighted by Gasteiger charge is 2.46. The summed E-state index contributed by atoms with van der Waals surface area (Å²) < 4.78 is 22.1. The molecule has 3 aromatic rings. The summed E-state index contributed by atoms with van der Waals surface area (Å²) in [6.07, 6.45) is 2.74. The molecule has 0 bridgehead atoms. The summed E-state index contributed by atoms with van der Waals surface area (Å²) in [5.41, 5.74) is -1.44. The van der Waals surface area contributed by atoms with Crippen LogP contribution in [0, 0.1) is 5.82 Å². The highest BCUT2D eigenvalue weighted by Crippen LogP contribution is 2.33. The Hall–Kier alpha value is -2.89. The van der Waals surface area contributed by atoms with Gasteiger partial charge in [0, 0.05) is 30.9 Å². The number of aromatic nitrogens is 3.